The second-order valence-corrected chi connectivity index (χ2v) is 14.6. The first-order valence-corrected chi connectivity index (χ1v) is 16.2. The molecule has 4 aliphatic carbocycles. The van der Waals surface area contributed by atoms with Crippen molar-refractivity contribution < 1.29 is 24.5 Å². The fraction of sp³-hybridized carbons (Fsp3) is 0.829. The number of ether oxygens (including phenoxy) is 1. The van der Waals surface area contributed by atoms with E-state index in [9.17, 15) is 14.7 Å². The molecule has 0 aliphatic heterocycles. The number of rotatable bonds is 10. The van der Waals surface area contributed by atoms with Crippen LogP contribution >= 0.6 is 0 Å². The van der Waals surface area contributed by atoms with E-state index in [-0.39, 0.29) is 19.1 Å². The Kier molecular flexibility index (Phi) is 11.5. The van der Waals surface area contributed by atoms with Crippen molar-refractivity contribution in [2.24, 2.45) is 46.3 Å². The van der Waals surface area contributed by atoms with Crippen LogP contribution in [-0.4, -0.2) is 34.9 Å². The van der Waals surface area contributed by atoms with Crippen LogP contribution in [-0.2, 0) is 14.3 Å². The summed E-state index contributed by atoms with van der Waals surface area (Å²) in [6.07, 6.45) is 17.5. The van der Waals surface area contributed by atoms with Crippen molar-refractivity contribution in [3.05, 3.63) is 23.8 Å². The van der Waals surface area contributed by atoms with Gasteiger partial charge in [-0.25, -0.2) is 4.79 Å². The van der Waals surface area contributed by atoms with Crippen LogP contribution in [0, 0.1) is 46.3 Å². The van der Waals surface area contributed by atoms with Gasteiger partial charge in [-0.3, -0.25) is 4.79 Å². The summed E-state index contributed by atoms with van der Waals surface area (Å²) in [5.74, 6) is 4.10. The van der Waals surface area contributed by atoms with E-state index in [1.54, 1.807) is 12.5 Å². The zero-order chi connectivity index (χ0) is 29.7. The van der Waals surface area contributed by atoms with Crippen LogP contribution in [0.4, 0.5) is 0 Å². The van der Waals surface area contributed by atoms with Gasteiger partial charge < -0.3 is 14.9 Å². The maximum absolute atomic E-state index is 10.7. The first-order chi connectivity index (χ1) is 18.8. The summed E-state index contributed by atoms with van der Waals surface area (Å²) in [7, 11) is 0. The van der Waals surface area contributed by atoms with E-state index in [0.29, 0.717) is 22.8 Å². The van der Waals surface area contributed by atoms with Crippen molar-refractivity contribution in [2.75, 3.05) is 6.61 Å². The number of hydrogen-bond donors (Lipinski definition) is 2. The van der Waals surface area contributed by atoms with Gasteiger partial charge in [0.15, 0.2) is 0 Å². The molecule has 5 nitrogen and oxygen atoms in total. The van der Waals surface area contributed by atoms with Crippen molar-refractivity contribution in [1.29, 1.82) is 0 Å². The number of carboxylic acid groups (broad SMARTS) is 1. The molecule has 0 saturated heterocycles. The van der Waals surface area contributed by atoms with Gasteiger partial charge in [0.25, 0.3) is 0 Å². The molecule has 0 aromatic rings. The molecule has 4 aliphatic rings. The molecule has 5 heteroatoms. The van der Waals surface area contributed by atoms with Gasteiger partial charge in [-0.2, -0.15) is 0 Å². The molecule has 3 saturated carbocycles. The monoisotopic (exact) mass is 558 g/mol. The lowest BCUT2D eigenvalue weighted by Gasteiger charge is -2.58. The molecule has 0 amide bonds. The fourth-order valence-corrected chi connectivity index (χ4v) is 9.18. The Hall–Kier alpha value is -1.62. The molecule has 0 bridgehead atoms. The van der Waals surface area contributed by atoms with Gasteiger partial charge >= 0.3 is 11.9 Å². The summed E-state index contributed by atoms with van der Waals surface area (Å²) < 4.78 is 4.65. The fourth-order valence-electron chi connectivity index (χ4n) is 9.18. The van der Waals surface area contributed by atoms with E-state index in [1.165, 1.54) is 57.8 Å². The molecule has 0 aromatic carbocycles. The maximum Gasteiger partial charge on any atom is 0.333 e. The molecule has 228 valence electrons. The van der Waals surface area contributed by atoms with Gasteiger partial charge in [0.2, 0.25) is 0 Å². The second kappa shape index (κ2) is 14.0. The smallest absolute Gasteiger partial charge is 0.333 e. The van der Waals surface area contributed by atoms with Gasteiger partial charge in [-0.15, -0.1) is 0 Å². The highest BCUT2D eigenvalue weighted by Gasteiger charge is 2.59. The predicted molar refractivity (Wildman–Crippen MR) is 162 cm³/mol. The predicted octanol–water partition coefficient (Wildman–Crippen LogP) is 8.36. The lowest BCUT2D eigenvalue weighted by Crippen LogP contribution is -2.50. The molecule has 2 N–H and O–H groups in total. The van der Waals surface area contributed by atoms with Crippen LogP contribution in [0.25, 0.3) is 0 Å². The number of fused-ring (bicyclic) bond motifs is 5. The second-order valence-electron chi connectivity index (χ2n) is 14.6. The van der Waals surface area contributed by atoms with E-state index in [2.05, 4.69) is 52.0 Å². The van der Waals surface area contributed by atoms with Crippen molar-refractivity contribution in [2.45, 2.75) is 131 Å². The first kappa shape index (κ1) is 32.9. The third-order valence-corrected chi connectivity index (χ3v) is 11.4. The maximum atomic E-state index is 10.7. The van der Waals surface area contributed by atoms with E-state index >= 15 is 0 Å². The summed E-state index contributed by atoms with van der Waals surface area (Å²) in [5.41, 5.74) is 2.93. The Bertz CT molecular complexity index is 921. The highest BCUT2D eigenvalue weighted by Crippen LogP contribution is 2.67. The van der Waals surface area contributed by atoms with Gasteiger partial charge in [-0.05, 0) is 111 Å². The average molecular weight is 559 g/mol. The number of aliphatic hydroxyl groups is 1. The van der Waals surface area contributed by atoms with Crippen molar-refractivity contribution in [1.82, 2.24) is 0 Å². The summed E-state index contributed by atoms with van der Waals surface area (Å²) >= 11 is 0. The van der Waals surface area contributed by atoms with E-state index in [1.807, 2.05) is 0 Å². The Morgan fingerprint density at radius 3 is 2.42 bits per heavy atom. The highest BCUT2D eigenvalue weighted by molar-refractivity contribution is 5.86. The highest BCUT2D eigenvalue weighted by atomic mass is 16.5. The minimum Gasteiger partial charge on any atom is -0.481 e. The normalized spacial score (nSPS) is 35.3. The topological polar surface area (TPSA) is 83.8 Å². The first-order valence-electron chi connectivity index (χ1n) is 16.2. The molecular formula is C35H58O5. The largest absolute Gasteiger partial charge is 0.481 e. The Labute approximate surface area is 244 Å². The molecule has 0 spiro atoms. The molecule has 0 radical (unpaired) electrons. The summed E-state index contributed by atoms with van der Waals surface area (Å²) in [6.45, 7) is 17.6. The average Bonchev–Trinajstić information content (AvgIpc) is 3.24. The molecule has 3 fully saturated rings. The third-order valence-electron chi connectivity index (χ3n) is 11.4. The number of hydrogen-bond acceptors (Lipinski definition) is 4. The third kappa shape index (κ3) is 7.61. The molecular weight excluding hydrogens is 500 g/mol. The van der Waals surface area contributed by atoms with Crippen molar-refractivity contribution >= 4 is 11.9 Å². The number of allylic oxidation sites excluding steroid dienone is 1. The molecule has 0 heterocycles. The number of carbonyl (C=O) groups is 2. The van der Waals surface area contributed by atoms with Crippen LogP contribution in [0.1, 0.15) is 125 Å². The Morgan fingerprint density at radius 2 is 1.77 bits per heavy atom. The Balaban J connectivity index is 0.000000312. The van der Waals surface area contributed by atoms with Gasteiger partial charge in [-0.1, -0.05) is 72.1 Å². The summed E-state index contributed by atoms with van der Waals surface area (Å²) in [5, 5.41) is 18.4. The zero-order valence-corrected chi connectivity index (χ0v) is 26.3. The van der Waals surface area contributed by atoms with Crippen molar-refractivity contribution in [3.63, 3.8) is 0 Å². The minimum absolute atomic E-state index is 0.0173. The van der Waals surface area contributed by atoms with Crippen molar-refractivity contribution in [3.8, 4) is 0 Å². The lowest BCUT2D eigenvalue weighted by atomic mass is 9.47. The molecule has 4 rings (SSSR count). The molecule has 0 aromatic heterocycles. The van der Waals surface area contributed by atoms with E-state index < -0.39 is 11.9 Å². The van der Waals surface area contributed by atoms with Gasteiger partial charge in [0.1, 0.15) is 0 Å². The minimum atomic E-state index is -0.888. The number of carbonyl (C=O) groups excluding carboxylic acids is 1. The zero-order valence-electron chi connectivity index (χ0n) is 26.3. The van der Waals surface area contributed by atoms with Gasteiger partial charge in [0, 0.05) is 12.0 Å². The van der Waals surface area contributed by atoms with Crippen LogP contribution in [0.15, 0.2) is 23.8 Å². The van der Waals surface area contributed by atoms with Crippen LogP contribution in [0.3, 0.4) is 0 Å². The van der Waals surface area contributed by atoms with Crippen LogP contribution in [0.5, 0.6) is 0 Å². The summed E-state index contributed by atoms with van der Waals surface area (Å²) in [4.78, 5) is 20.7. The Morgan fingerprint density at radius 1 is 1.05 bits per heavy atom. The number of carboxylic acids is 1. The van der Waals surface area contributed by atoms with Crippen LogP contribution < -0.4 is 0 Å². The van der Waals surface area contributed by atoms with Gasteiger partial charge in [0.05, 0.1) is 12.7 Å². The summed E-state index contributed by atoms with van der Waals surface area (Å²) in [6, 6.07) is 0. The quantitative estimate of drug-likeness (QED) is 0.122. The number of aliphatic hydroxyl groups excluding tert-OH is 1. The standard InChI is InChI=1S/C27H46O.C8H12O4/c1-18(2)7-6-8-19(3)23-11-12-24-22-10-9-20-17-21(28)13-15-26(20,4)25(22)14-16-27(23,24)5;1-6(2)8(11)12-5-3-4-7(9)10/h9,18-19,21-25,28H,6-8,10-17H2,1-5H3;1,3-5H2,2H3,(H,9,10)/t19-,21+,22+,23-,24+,25+,26+,27-;/m1./s1. The van der Waals surface area contributed by atoms with E-state index in [4.69, 9.17) is 5.11 Å². The lowest BCUT2D eigenvalue weighted by molar-refractivity contribution is -0.142. The number of aliphatic carboxylic acids is 1. The number of esters is 1. The molecule has 8 atom stereocenters. The molecule has 0 unspecified atom stereocenters. The molecule has 40 heavy (non-hydrogen) atoms. The SMILES string of the molecule is C=C(C)C(=O)OCCCC(=O)O.CC(C)CCC[C@@H](C)[C@H]1CC[C@H]2[C@@H]3CC=C4C[C@@H](O)CC[C@]4(C)[C@H]3CC[C@]12C. The van der Waals surface area contributed by atoms with E-state index in [0.717, 1.165) is 48.3 Å². The van der Waals surface area contributed by atoms with Crippen LogP contribution in [0.2, 0.25) is 0 Å².